The highest BCUT2D eigenvalue weighted by Crippen LogP contribution is 2.19. The van der Waals surface area contributed by atoms with Gasteiger partial charge in [0.1, 0.15) is 17.7 Å². The predicted molar refractivity (Wildman–Crippen MR) is 83.7 cm³/mol. The first-order valence-corrected chi connectivity index (χ1v) is 7.59. The van der Waals surface area contributed by atoms with Crippen LogP contribution in [0.25, 0.3) is 0 Å². The molecule has 1 aliphatic heterocycles. The maximum atomic E-state index is 12.2. The Morgan fingerprint density at radius 1 is 1.48 bits per heavy atom. The summed E-state index contributed by atoms with van der Waals surface area (Å²) < 4.78 is 5.45. The van der Waals surface area contributed by atoms with Crippen molar-refractivity contribution in [3.05, 3.63) is 18.2 Å². The number of pyridine rings is 1. The second-order valence-corrected chi connectivity index (χ2v) is 4.99. The van der Waals surface area contributed by atoms with Crippen molar-refractivity contribution in [3.63, 3.8) is 0 Å². The molecule has 0 spiro atoms. The summed E-state index contributed by atoms with van der Waals surface area (Å²) in [5.41, 5.74) is 0. The summed E-state index contributed by atoms with van der Waals surface area (Å²) in [6, 6.07) is 5.53. The fourth-order valence-electron chi connectivity index (χ4n) is 2.32. The highest BCUT2D eigenvalue weighted by Gasteiger charge is 2.30. The summed E-state index contributed by atoms with van der Waals surface area (Å²) in [7, 11) is 0. The second-order valence-electron chi connectivity index (χ2n) is 4.99. The third-order valence-corrected chi connectivity index (χ3v) is 3.37. The molecule has 2 heterocycles. The van der Waals surface area contributed by atoms with Crippen LogP contribution in [0.3, 0.4) is 0 Å². The average Bonchev–Trinajstić information content (AvgIpc) is 2.53. The van der Waals surface area contributed by atoms with Gasteiger partial charge in [-0.25, -0.2) is 4.98 Å². The van der Waals surface area contributed by atoms with Crippen LogP contribution in [0.5, 0.6) is 0 Å². The van der Waals surface area contributed by atoms with Crippen molar-refractivity contribution in [1.82, 2.24) is 10.3 Å². The van der Waals surface area contributed by atoms with E-state index in [9.17, 15) is 4.79 Å². The molecular formula is C15H24N4O2. The normalized spacial score (nSPS) is 18.4. The lowest BCUT2D eigenvalue weighted by molar-refractivity contribution is -0.124. The van der Waals surface area contributed by atoms with E-state index in [1.165, 1.54) is 0 Å². The zero-order chi connectivity index (χ0) is 15.1. The Labute approximate surface area is 125 Å². The molecule has 21 heavy (non-hydrogen) atoms. The average molecular weight is 292 g/mol. The second kappa shape index (κ2) is 7.83. The van der Waals surface area contributed by atoms with Crippen molar-refractivity contribution in [1.29, 1.82) is 0 Å². The number of hydrogen-bond donors (Lipinski definition) is 2. The summed E-state index contributed by atoms with van der Waals surface area (Å²) in [5.74, 6) is 1.65. The molecule has 0 aromatic carbocycles. The van der Waals surface area contributed by atoms with Crippen LogP contribution in [-0.4, -0.2) is 49.8 Å². The van der Waals surface area contributed by atoms with Gasteiger partial charge in [-0.15, -0.1) is 0 Å². The van der Waals surface area contributed by atoms with Gasteiger partial charge in [-0.3, -0.25) is 4.79 Å². The molecule has 1 atom stereocenters. The highest BCUT2D eigenvalue weighted by atomic mass is 16.5. The molecule has 0 bridgehead atoms. The summed E-state index contributed by atoms with van der Waals surface area (Å²) in [6.45, 7) is 7.23. The van der Waals surface area contributed by atoms with E-state index >= 15 is 0 Å². The van der Waals surface area contributed by atoms with Crippen molar-refractivity contribution >= 4 is 17.5 Å². The minimum Gasteiger partial charge on any atom is -0.377 e. The zero-order valence-corrected chi connectivity index (χ0v) is 12.8. The lowest BCUT2D eigenvalue weighted by atomic mass is 10.2. The molecule has 1 unspecified atom stereocenters. The predicted octanol–water partition coefficient (Wildman–Crippen LogP) is 1.24. The Morgan fingerprint density at radius 2 is 2.33 bits per heavy atom. The third-order valence-electron chi connectivity index (χ3n) is 3.37. The minimum atomic E-state index is -0.312. The van der Waals surface area contributed by atoms with Gasteiger partial charge in [0.25, 0.3) is 0 Å². The fraction of sp³-hybridized carbons (Fsp3) is 0.600. The number of nitrogens with zero attached hydrogens (tertiary/aromatic N) is 2. The van der Waals surface area contributed by atoms with Crippen LogP contribution in [0.4, 0.5) is 11.6 Å². The first-order chi connectivity index (χ1) is 10.3. The highest BCUT2D eigenvalue weighted by molar-refractivity contribution is 5.85. The van der Waals surface area contributed by atoms with Crippen molar-refractivity contribution in [2.45, 2.75) is 26.3 Å². The van der Waals surface area contributed by atoms with Crippen molar-refractivity contribution in [2.75, 3.05) is 43.1 Å². The molecule has 0 radical (unpaired) electrons. The molecule has 1 amide bonds. The number of carbonyl (C=O) groups excluding carboxylic acids is 1. The molecule has 0 saturated carbocycles. The van der Waals surface area contributed by atoms with Gasteiger partial charge in [0, 0.05) is 19.6 Å². The Morgan fingerprint density at radius 3 is 3.10 bits per heavy atom. The van der Waals surface area contributed by atoms with Crippen LogP contribution in [-0.2, 0) is 9.53 Å². The first-order valence-electron chi connectivity index (χ1n) is 7.59. The van der Waals surface area contributed by atoms with Crippen LogP contribution >= 0.6 is 0 Å². The lowest BCUT2D eigenvalue weighted by Crippen LogP contribution is -2.54. The number of hydrogen-bond acceptors (Lipinski definition) is 5. The van der Waals surface area contributed by atoms with E-state index in [2.05, 4.69) is 22.5 Å². The molecule has 2 rings (SSSR count). The lowest BCUT2D eigenvalue weighted by Gasteiger charge is -2.35. The molecule has 6 nitrogen and oxygen atoms in total. The Kier molecular flexibility index (Phi) is 5.80. The van der Waals surface area contributed by atoms with Crippen molar-refractivity contribution < 1.29 is 9.53 Å². The number of amides is 1. The fourth-order valence-corrected chi connectivity index (χ4v) is 2.32. The van der Waals surface area contributed by atoms with E-state index in [-0.39, 0.29) is 11.9 Å². The summed E-state index contributed by atoms with van der Waals surface area (Å²) in [5, 5.41) is 6.13. The van der Waals surface area contributed by atoms with Crippen LogP contribution in [0.1, 0.15) is 20.3 Å². The molecule has 1 fully saturated rings. The van der Waals surface area contributed by atoms with Crippen LogP contribution in [0.2, 0.25) is 0 Å². The third kappa shape index (κ3) is 4.07. The molecule has 2 N–H and O–H groups in total. The Hall–Kier alpha value is -1.82. The van der Waals surface area contributed by atoms with E-state index in [4.69, 9.17) is 4.74 Å². The number of ether oxygens (including phenoxy) is 1. The van der Waals surface area contributed by atoms with Gasteiger partial charge in [-0.2, -0.15) is 0 Å². The maximum Gasteiger partial charge on any atom is 0.245 e. The van der Waals surface area contributed by atoms with Gasteiger partial charge >= 0.3 is 0 Å². The summed E-state index contributed by atoms with van der Waals surface area (Å²) in [4.78, 5) is 18.8. The number of carbonyl (C=O) groups is 1. The topological polar surface area (TPSA) is 66.5 Å². The van der Waals surface area contributed by atoms with Gasteiger partial charge in [0.2, 0.25) is 5.91 Å². The van der Waals surface area contributed by atoms with E-state index in [1.807, 2.05) is 30.0 Å². The standard InChI is InChI=1S/C15H24N4O2/c1-3-8-17-13-6-5-7-14(18-13)19-9-10-21-11-12(19)15(20)16-4-2/h5-7,12H,3-4,8-11H2,1-2H3,(H,16,20)(H,17,18). The van der Waals surface area contributed by atoms with Crippen LogP contribution in [0.15, 0.2) is 18.2 Å². The van der Waals surface area contributed by atoms with Crippen molar-refractivity contribution in [2.24, 2.45) is 0 Å². The SMILES string of the molecule is CCCNc1cccc(N2CCOCC2C(=O)NCC)n1. The zero-order valence-electron chi connectivity index (χ0n) is 12.8. The molecule has 6 heteroatoms. The van der Waals surface area contributed by atoms with Crippen LogP contribution < -0.4 is 15.5 Å². The van der Waals surface area contributed by atoms with Gasteiger partial charge in [-0.1, -0.05) is 13.0 Å². The van der Waals surface area contributed by atoms with E-state index in [1.54, 1.807) is 0 Å². The molecule has 1 aromatic heterocycles. The maximum absolute atomic E-state index is 12.2. The van der Waals surface area contributed by atoms with E-state index in [0.717, 1.165) is 24.6 Å². The van der Waals surface area contributed by atoms with Crippen molar-refractivity contribution in [3.8, 4) is 0 Å². The number of morpholine rings is 1. The van der Waals surface area contributed by atoms with E-state index in [0.29, 0.717) is 26.3 Å². The number of nitrogens with one attached hydrogen (secondary N) is 2. The summed E-state index contributed by atoms with van der Waals surface area (Å²) in [6.07, 6.45) is 1.05. The van der Waals surface area contributed by atoms with Gasteiger partial charge in [-0.05, 0) is 25.5 Å². The molecule has 1 aromatic rings. The largest absolute Gasteiger partial charge is 0.377 e. The minimum absolute atomic E-state index is 0.00841. The molecule has 116 valence electrons. The molecule has 0 aliphatic carbocycles. The van der Waals surface area contributed by atoms with Gasteiger partial charge in [0.05, 0.1) is 13.2 Å². The number of likely N-dealkylation sites (N-methyl/N-ethyl adjacent to an activating group) is 1. The number of anilines is 2. The van der Waals surface area contributed by atoms with E-state index < -0.39 is 0 Å². The Balaban J connectivity index is 2.14. The number of rotatable bonds is 6. The Bertz CT molecular complexity index is 467. The van der Waals surface area contributed by atoms with Gasteiger partial charge in [0.15, 0.2) is 0 Å². The number of aromatic nitrogens is 1. The molecular weight excluding hydrogens is 268 g/mol. The molecule has 1 aliphatic rings. The first kappa shape index (κ1) is 15.6. The molecule has 1 saturated heterocycles. The summed E-state index contributed by atoms with van der Waals surface area (Å²) >= 11 is 0. The van der Waals surface area contributed by atoms with Crippen LogP contribution in [0, 0.1) is 0 Å². The quantitative estimate of drug-likeness (QED) is 0.826. The smallest absolute Gasteiger partial charge is 0.245 e. The monoisotopic (exact) mass is 292 g/mol. The van der Waals surface area contributed by atoms with Gasteiger partial charge < -0.3 is 20.3 Å².